The lowest BCUT2D eigenvalue weighted by atomic mass is 9.98. The van der Waals surface area contributed by atoms with Crippen molar-refractivity contribution in [2.75, 3.05) is 23.3 Å². The number of hydrogen-bond donors (Lipinski definition) is 1. The lowest BCUT2D eigenvalue weighted by molar-refractivity contribution is -0.114. The molecule has 2 aromatic carbocycles. The van der Waals surface area contributed by atoms with Gasteiger partial charge in [-0.2, -0.15) is 4.98 Å². The first-order valence-corrected chi connectivity index (χ1v) is 10.1. The lowest BCUT2D eigenvalue weighted by Crippen LogP contribution is -2.32. The van der Waals surface area contributed by atoms with Crippen LogP contribution in [0.4, 0.5) is 11.4 Å². The van der Waals surface area contributed by atoms with Gasteiger partial charge in [0, 0.05) is 42.5 Å². The Balaban J connectivity index is 1.53. The molecular weight excluding hydrogens is 364 g/mol. The van der Waals surface area contributed by atoms with Gasteiger partial charge in [-0.05, 0) is 67.6 Å². The van der Waals surface area contributed by atoms with Crippen molar-refractivity contribution in [2.45, 2.75) is 33.6 Å². The van der Waals surface area contributed by atoms with Crippen molar-refractivity contribution in [3.8, 4) is 22.8 Å². The van der Waals surface area contributed by atoms with Gasteiger partial charge in [-0.15, -0.1) is 0 Å². The van der Waals surface area contributed by atoms with E-state index in [2.05, 4.69) is 39.4 Å². The van der Waals surface area contributed by atoms with Gasteiger partial charge in [-0.3, -0.25) is 4.79 Å². The van der Waals surface area contributed by atoms with Crippen molar-refractivity contribution in [3.63, 3.8) is 0 Å². The van der Waals surface area contributed by atoms with Crippen LogP contribution in [0.5, 0.6) is 0 Å². The van der Waals surface area contributed by atoms with Gasteiger partial charge in [0.2, 0.25) is 11.7 Å². The molecule has 0 atom stereocenters. The zero-order valence-electron chi connectivity index (χ0n) is 17.1. The topological polar surface area (TPSA) is 71.3 Å². The van der Waals surface area contributed by atoms with Crippen molar-refractivity contribution in [3.05, 3.63) is 48.0 Å². The summed E-state index contributed by atoms with van der Waals surface area (Å²) >= 11 is 0. The van der Waals surface area contributed by atoms with Crippen molar-refractivity contribution < 1.29 is 9.32 Å². The smallest absolute Gasteiger partial charge is 0.258 e. The first kappa shape index (κ1) is 19.2. The summed E-state index contributed by atoms with van der Waals surface area (Å²) in [6, 6.07) is 14.0. The molecule has 0 saturated carbocycles. The first-order chi connectivity index (χ1) is 14.0. The second-order valence-corrected chi connectivity index (χ2v) is 7.85. The molecule has 1 aliphatic heterocycles. The number of nitrogens with one attached hydrogen (secondary N) is 1. The molecule has 0 radical (unpaired) electrons. The molecule has 0 bridgehead atoms. The molecule has 1 amide bonds. The van der Waals surface area contributed by atoms with E-state index in [1.54, 1.807) is 0 Å². The van der Waals surface area contributed by atoms with Crippen LogP contribution in [0, 0.1) is 12.8 Å². The second kappa shape index (κ2) is 8.07. The molecule has 1 aliphatic rings. The van der Waals surface area contributed by atoms with E-state index in [-0.39, 0.29) is 5.91 Å². The fraction of sp³-hybridized carbons (Fsp3) is 0.348. The van der Waals surface area contributed by atoms with E-state index in [1.807, 2.05) is 37.3 Å². The van der Waals surface area contributed by atoms with Crippen LogP contribution in [-0.4, -0.2) is 29.1 Å². The summed E-state index contributed by atoms with van der Waals surface area (Å²) in [4.78, 5) is 18.4. The van der Waals surface area contributed by atoms with E-state index in [9.17, 15) is 4.79 Å². The summed E-state index contributed by atoms with van der Waals surface area (Å²) in [7, 11) is 0. The maximum Gasteiger partial charge on any atom is 0.258 e. The Morgan fingerprint density at radius 3 is 2.48 bits per heavy atom. The summed E-state index contributed by atoms with van der Waals surface area (Å²) in [6.45, 7) is 7.97. The van der Waals surface area contributed by atoms with Crippen LogP contribution in [0.15, 0.2) is 47.0 Å². The monoisotopic (exact) mass is 390 g/mol. The normalized spacial score (nSPS) is 14.8. The third-order valence-electron chi connectivity index (χ3n) is 5.50. The summed E-state index contributed by atoms with van der Waals surface area (Å²) in [6.07, 6.45) is 2.49. The summed E-state index contributed by atoms with van der Waals surface area (Å²) in [5, 5.41) is 6.97. The quantitative estimate of drug-likeness (QED) is 0.685. The van der Waals surface area contributed by atoms with Gasteiger partial charge in [-0.25, -0.2) is 0 Å². The molecule has 1 aromatic heterocycles. The maximum atomic E-state index is 11.4. The van der Waals surface area contributed by atoms with Crippen LogP contribution in [0.2, 0.25) is 0 Å². The average molecular weight is 390 g/mol. The standard InChI is InChI=1S/C23H26N4O2/c1-15-10-12-27(13-11-15)20-8-6-18(7-9-20)22-25-23(29-26-22)19-5-4-16(2)21(14-19)24-17(3)28/h4-9,14-15H,10-13H2,1-3H3,(H,24,28). The number of benzene rings is 2. The Labute approximate surface area is 170 Å². The molecule has 150 valence electrons. The molecule has 1 saturated heterocycles. The van der Waals surface area contributed by atoms with Crippen molar-refractivity contribution >= 4 is 17.3 Å². The van der Waals surface area contributed by atoms with Gasteiger partial charge in [-0.1, -0.05) is 18.1 Å². The summed E-state index contributed by atoms with van der Waals surface area (Å²) in [5.74, 6) is 1.69. The Kier molecular flexibility index (Phi) is 5.34. The highest BCUT2D eigenvalue weighted by atomic mass is 16.5. The molecule has 3 aromatic rings. The van der Waals surface area contributed by atoms with E-state index in [0.717, 1.165) is 41.4 Å². The molecule has 0 unspecified atom stereocenters. The van der Waals surface area contributed by atoms with Crippen LogP contribution >= 0.6 is 0 Å². The van der Waals surface area contributed by atoms with Crippen molar-refractivity contribution in [1.82, 2.24) is 10.1 Å². The van der Waals surface area contributed by atoms with Gasteiger partial charge in [0.1, 0.15) is 0 Å². The predicted octanol–water partition coefficient (Wildman–Crippen LogP) is 4.91. The van der Waals surface area contributed by atoms with Crippen LogP contribution in [0.1, 0.15) is 32.3 Å². The zero-order chi connectivity index (χ0) is 20.4. The SMILES string of the molecule is CC(=O)Nc1cc(-c2nc(-c3ccc(N4CCC(C)CC4)cc3)no2)ccc1C. The molecule has 29 heavy (non-hydrogen) atoms. The number of carbonyl (C=O) groups excluding carboxylic acids is 1. The number of carbonyl (C=O) groups is 1. The largest absolute Gasteiger partial charge is 0.372 e. The molecule has 0 aliphatic carbocycles. The van der Waals surface area contributed by atoms with E-state index >= 15 is 0 Å². The highest BCUT2D eigenvalue weighted by molar-refractivity contribution is 5.90. The highest BCUT2D eigenvalue weighted by Crippen LogP contribution is 2.28. The van der Waals surface area contributed by atoms with Crippen LogP contribution in [0.25, 0.3) is 22.8 Å². The van der Waals surface area contributed by atoms with Crippen LogP contribution in [-0.2, 0) is 4.79 Å². The number of aryl methyl sites for hydroxylation is 1. The molecule has 1 N–H and O–H groups in total. The predicted molar refractivity (Wildman–Crippen MR) is 115 cm³/mol. The van der Waals surface area contributed by atoms with E-state index in [0.29, 0.717) is 11.7 Å². The van der Waals surface area contributed by atoms with Crippen LogP contribution < -0.4 is 10.2 Å². The second-order valence-electron chi connectivity index (χ2n) is 7.85. The van der Waals surface area contributed by atoms with Crippen molar-refractivity contribution in [1.29, 1.82) is 0 Å². The third kappa shape index (κ3) is 4.31. The lowest BCUT2D eigenvalue weighted by Gasteiger charge is -2.32. The van der Waals surface area contributed by atoms with Gasteiger partial charge >= 0.3 is 0 Å². The van der Waals surface area contributed by atoms with Crippen LogP contribution in [0.3, 0.4) is 0 Å². The number of hydrogen-bond acceptors (Lipinski definition) is 5. The highest BCUT2D eigenvalue weighted by Gasteiger charge is 2.17. The fourth-order valence-corrected chi connectivity index (χ4v) is 3.63. The van der Waals surface area contributed by atoms with E-state index in [4.69, 9.17) is 4.52 Å². The zero-order valence-corrected chi connectivity index (χ0v) is 17.1. The Morgan fingerprint density at radius 2 is 1.79 bits per heavy atom. The number of anilines is 2. The number of amides is 1. The van der Waals surface area contributed by atoms with Gasteiger partial charge in [0.25, 0.3) is 5.89 Å². The maximum absolute atomic E-state index is 11.4. The average Bonchev–Trinajstić information content (AvgIpc) is 3.20. The van der Waals surface area contributed by atoms with Gasteiger partial charge in [0.15, 0.2) is 0 Å². The minimum Gasteiger partial charge on any atom is -0.372 e. The fourth-order valence-electron chi connectivity index (χ4n) is 3.63. The van der Waals surface area contributed by atoms with Gasteiger partial charge < -0.3 is 14.7 Å². The van der Waals surface area contributed by atoms with E-state index < -0.39 is 0 Å². The van der Waals surface area contributed by atoms with Crippen molar-refractivity contribution in [2.24, 2.45) is 5.92 Å². The van der Waals surface area contributed by atoms with Gasteiger partial charge in [0.05, 0.1) is 0 Å². The number of piperidine rings is 1. The third-order valence-corrected chi connectivity index (χ3v) is 5.50. The first-order valence-electron chi connectivity index (χ1n) is 10.1. The molecule has 6 nitrogen and oxygen atoms in total. The number of aromatic nitrogens is 2. The number of rotatable bonds is 4. The molecule has 0 spiro atoms. The molecule has 1 fully saturated rings. The molecular formula is C23H26N4O2. The minimum absolute atomic E-state index is 0.111. The molecule has 6 heteroatoms. The summed E-state index contributed by atoms with van der Waals surface area (Å²) < 4.78 is 5.48. The Morgan fingerprint density at radius 1 is 1.10 bits per heavy atom. The molecule has 2 heterocycles. The number of nitrogens with zero attached hydrogens (tertiary/aromatic N) is 3. The Hall–Kier alpha value is -3.15. The van der Waals surface area contributed by atoms with E-state index in [1.165, 1.54) is 25.5 Å². The minimum atomic E-state index is -0.111. The Bertz CT molecular complexity index is 1000. The molecule has 4 rings (SSSR count). The summed E-state index contributed by atoms with van der Waals surface area (Å²) in [5.41, 5.74) is 4.66.